The smallest absolute Gasteiger partial charge is 0.303 e. The molecule has 7 heteroatoms. The Morgan fingerprint density at radius 3 is 2.66 bits per heavy atom. The second kappa shape index (κ2) is 8.93. The maximum atomic E-state index is 11.7. The molecule has 2 fully saturated rings. The lowest BCUT2D eigenvalue weighted by atomic mass is 9.88. The third kappa shape index (κ3) is 4.70. The fraction of sp³-hybridized carbons (Fsp3) is 0.591. The Labute approximate surface area is 170 Å². The average molecular weight is 406 g/mol. The van der Waals surface area contributed by atoms with E-state index in [4.69, 9.17) is 14.2 Å². The predicted molar refractivity (Wildman–Crippen MR) is 105 cm³/mol. The van der Waals surface area contributed by atoms with Crippen molar-refractivity contribution in [1.82, 2.24) is 0 Å². The number of carbonyl (C=O) groups excluding carboxylic acids is 1. The fourth-order valence-electron chi connectivity index (χ4n) is 4.19. The third-order valence-corrected chi connectivity index (χ3v) is 5.73. The molecule has 0 amide bonds. The van der Waals surface area contributed by atoms with Gasteiger partial charge in [0.1, 0.15) is 30.5 Å². The lowest BCUT2D eigenvalue weighted by Gasteiger charge is -2.37. The molecule has 7 atom stereocenters. The summed E-state index contributed by atoms with van der Waals surface area (Å²) in [5.74, 6) is -1.79. The molecule has 0 aliphatic carbocycles. The molecular formula is C22H30O7. The first-order valence-electron chi connectivity index (χ1n) is 9.98. The van der Waals surface area contributed by atoms with Gasteiger partial charge in [-0.2, -0.15) is 0 Å². The van der Waals surface area contributed by atoms with Gasteiger partial charge in [-0.1, -0.05) is 43.8 Å². The Hall–Kier alpha value is -1.77. The fourth-order valence-corrected chi connectivity index (χ4v) is 4.19. The lowest BCUT2D eigenvalue weighted by Crippen LogP contribution is -2.49. The zero-order valence-corrected chi connectivity index (χ0v) is 16.9. The van der Waals surface area contributed by atoms with Gasteiger partial charge in [-0.3, -0.25) is 4.79 Å². The van der Waals surface area contributed by atoms with Crippen LogP contribution in [-0.2, 0) is 25.4 Å². The van der Waals surface area contributed by atoms with Gasteiger partial charge in [0.25, 0.3) is 0 Å². The Morgan fingerprint density at radius 1 is 1.31 bits per heavy atom. The van der Waals surface area contributed by atoms with E-state index in [9.17, 15) is 20.1 Å². The quantitative estimate of drug-likeness (QED) is 0.442. The van der Waals surface area contributed by atoms with Crippen molar-refractivity contribution in [2.24, 2.45) is 5.92 Å². The molecule has 1 aromatic carbocycles. The molecule has 29 heavy (non-hydrogen) atoms. The summed E-state index contributed by atoms with van der Waals surface area (Å²) in [6, 6.07) is 9.92. The zero-order chi connectivity index (χ0) is 21.2. The highest BCUT2D eigenvalue weighted by Crippen LogP contribution is 2.42. The Bertz CT molecular complexity index is 721. The summed E-state index contributed by atoms with van der Waals surface area (Å²) in [5.41, 5.74) is 1.81. The van der Waals surface area contributed by atoms with E-state index in [0.717, 1.165) is 5.56 Å². The molecule has 2 aliphatic heterocycles. The summed E-state index contributed by atoms with van der Waals surface area (Å²) in [6.45, 7) is 7.45. The van der Waals surface area contributed by atoms with E-state index in [2.05, 4.69) is 6.58 Å². The molecule has 0 spiro atoms. The summed E-state index contributed by atoms with van der Waals surface area (Å²) in [7, 11) is 0. The van der Waals surface area contributed by atoms with Crippen molar-refractivity contribution in [3.8, 4) is 0 Å². The van der Waals surface area contributed by atoms with Crippen molar-refractivity contribution in [2.75, 3.05) is 6.61 Å². The first-order valence-corrected chi connectivity index (χ1v) is 9.98. The number of aliphatic hydroxyl groups is 3. The summed E-state index contributed by atoms with van der Waals surface area (Å²) >= 11 is 0. The van der Waals surface area contributed by atoms with Crippen LogP contribution in [-0.4, -0.2) is 64.2 Å². The van der Waals surface area contributed by atoms with Crippen molar-refractivity contribution in [1.29, 1.82) is 0 Å². The second-order valence-electron chi connectivity index (χ2n) is 8.06. The van der Waals surface area contributed by atoms with Crippen molar-refractivity contribution in [3.63, 3.8) is 0 Å². The number of ether oxygens (including phenoxy) is 3. The van der Waals surface area contributed by atoms with E-state index in [1.807, 2.05) is 37.3 Å². The minimum atomic E-state index is -1.39. The molecule has 3 rings (SSSR count). The monoisotopic (exact) mass is 406 g/mol. The van der Waals surface area contributed by atoms with E-state index in [0.29, 0.717) is 18.4 Å². The summed E-state index contributed by atoms with van der Waals surface area (Å²) in [6.07, 6.45) is -3.56. The van der Waals surface area contributed by atoms with Crippen LogP contribution in [0.25, 0.3) is 0 Å². The molecule has 2 heterocycles. The topological polar surface area (TPSA) is 105 Å². The molecule has 7 nitrogen and oxygen atoms in total. The van der Waals surface area contributed by atoms with Gasteiger partial charge in [-0.15, -0.1) is 0 Å². The highest BCUT2D eigenvalue weighted by atomic mass is 16.7. The Morgan fingerprint density at radius 2 is 2.00 bits per heavy atom. The van der Waals surface area contributed by atoms with Crippen LogP contribution in [0.3, 0.4) is 0 Å². The van der Waals surface area contributed by atoms with Crippen molar-refractivity contribution >= 4 is 5.97 Å². The highest BCUT2D eigenvalue weighted by molar-refractivity contribution is 5.66. The van der Waals surface area contributed by atoms with Crippen LogP contribution in [0.1, 0.15) is 32.3 Å². The van der Waals surface area contributed by atoms with Crippen molar-refractivity contribution < 1.29 is 34.3 Å². The lowest BCUT2D eigenvalue weighted by molar-refractivity contribution is -0.309. The molecule has 7 unspecified atom stereocenters. The number of benzene rings is 1. The maximum absolute atomic E-state index is 11.7. The summed E-state index contributed by atoms with van der Waals surface area (Å²) < 4.78 is 16.8. The van der Waals surface area contributed by atoms with Crippen LogP contribution in [0.4, 0.5) is 0 Å². The van der Waals surface area contributed by atoms with Crippen molar-refractivity contribution in [3.05, 3.63) is 48.0 Å². The van der Waals surface area contributed by atoms with Gasteiger partial charge in [0.15, 0.2) is 5.79 Å². The molecule has 0 saturated carbocycles. The van der Waals surface area contributed by atoms with Crippen LogP contribution >= 0.6 is 0 Å². The second-order valence-corrected chi connectivity index (χ2v) is 8.06. The van der Waals surface area contributed by atoms with Gasteiger partial charge in [0, 0.05) is 19.3 Å². The molecular weight excluding hydrogens is 376 g/mol. The van der Waals surface area contributed by atoms with Gasteiger partial charge in [0.2, 0.25) is 0 Å². The number of hydrogen-bond acceptors (Lipinski definition) is 7. The number of rotatable bonds is 8. The van der Waals surface area contributed by atoms with Crippen LogP contribution < -0.4 is 0 Å². The summed E-state index contributed by atoms with van der Waals surface area (Å²) in [4.78, 5) is 11.7. The average Bonchev–Trinajstić information content (AvgIpc) is 2.90. The maximum Gasteiger partial charge on any atom is 0.303 e. The standard InChI is InChI=1S/C22H30O7/c1-13(9-10-22-21(26)18(25)20(29-22)17(24)12-27-22)19(28-15(3)23)14(2)11-16-7-5-4-6-8-16/h4-8,14,17-21,24-26H,1,9-12H2,2-3H3. The molecule has 1 aromatic rings. The van der Waals surface area contributed by atoms with Crippen molar-refractivity contribution in [2.45, 2.75) is 69.4 Å². The molecule has 3 N–H and O–H groups in total. The number of fused-ring (bicyclic) bond motifs is 2. The van der Waals surface area contributed by atoms with E-state index in [1.165, 1.54) is 6.92 Å². The Kier molecular flexibility index (Phi) is 6.76. The van der Waals surface area contributed by atoms with Gasteiger partial charge in [-0.25, -0.2) is 0 Å². The Balaban J connectivity index is 1.66. The van der Waals surface area contributed by atoms with E-state index in [-0.39, 0.29) is 24.9 Å². The van der Waals surface area contributed by atoms with E-state index >= 15 is 0 Å². The minimum Gasteiger partial charge on any atom is -0.458 e. The first kappa shape index (κ1) is 21.9. The number of esters is 1. The molecule has 0 radical (unpaired) electrons. The van der Waals surface area contributed by atoms with E-state index < -0.39 is 36.3 Å². The molecule has 160 valence electrons. The third-order valence-electron chi connectivity index (χ3n) is 5.73. The normalized spacial score (nSPS) is 33.1. The first-order chi connectivity index (χ1) is 13.7. The zero-order valence-electron chi connectivity index (χ0n) is 16.9. The highest BCUT2D eigenvalue weighted by Gasteiger charge is 2.60. The van der Waals surface area contributed by atoms with E-state index in [1.54, 1.807) is 0 Å². The van der Waals surface area contributed by atoms with Gasteiger partial charge < -0.3 is 29.5 Å². The molecule has 2 saturated heterocycles. The van der Waals surface area contributed by atoms with Gasteiger partial charge >= 0.3 is 5.97 Å². The molecule has 2 aliphatic rings. The SMILES string of the molecule is C=C(CCC12OCC(O)C(O1)C(O)C2O)C(OC(C)=O)C(C)Cc1ccccc1. The van der Waals surface area contributed by atoms with Gasteiger partial charge in [-0.05, 0) is 24.0 Å². The van der Waals surface area contributed by atoms with Gasteiger partial charge in [0.05, 0.1) is 6.61 Å². The number of carbonyl (C=O) groups is 1. The minimum absolute atomic E-state index is 0.00634. The summed E-state index contributed by atoms with van der Waals surface area (Å²) in [5, 5.41) is 30.4. The van der Waals surface area contributed by atoms with Crippen LogP contribution in [0, 0.1) is 5.92 Å². The number of hydrogen-bond donors (Lipinski definition) is 3. The number of aliphatic hydroxyl groups excluding tert-OH is 3. The molecule has 0 aromatic heterocycles. The van der Waals surface area contributed by atoms with Crippen LogP contribution in [0.2, 0.25) is 0 Å². The molecule has 2 bridgehead atoms. The largest absolute Gasteiger partial charge is 0.458 e. The predicted octanol–water partition coefficient (Wildman–Crippen LogP) is 1.34. The van der Waals surface area contributed by atoms with Crippen LogP contribution in [0.5, 0.6) is 0 Å². The van der Waals surface area contributed by atoms with Crippen LogP contribution in [0.15, 0.2) is 42.5 Å².